The van der Waals surface area contributed by atoms with Crippen LogP contribution in [0.3, 0.4) is 0 Å². The van der Waals surface area contributed by atoms with Gasteiger partial charge in [-0.05, 0) is 23.6 Å². The molecule has 4 heteroatoms. The lowest BCUT2D eigenvalue weighted by molar-refractivity contribution is 0.595. The third-order valence-electron chi connectivity index (χ3n) is 3.21. The summed E-state index contributed by atoms with van der Waals surface area (Å²) in [5.41, 5.74) is 2.63. The smallest absolute Gasteiger partial charge is 0.141 e. The van der Waals surface area contributed by atoms with Crippen LogP contribution in [0.15, 0.2) is 30.6 Å². The molecule has 19 heavy (non-hydrogen) atoms. The second kappa shape index (κ2) is 6.48. The first-order valence-electron chi connectivity index (χ1n) is 6.87. The van der Waals surface area contributed by atoms with Crippen LogP contribution in [0.2, 0.25) is 0 Å². The summed E-state index contributed by atoms with van der Waals surface area (Å²) in [5, 5.41) is 7.57. The third kappa shape index (κ3) is 3.64. The third-order valence-corrected chi connectivity index (χ3v) is 3.21. The van der Waals surface area contributed by atoms with Crippen LogP contribution in [0.5, 0.6) is 0 Å². The predicted octanol–water partition coefficient (Wildman–Crippen LogP) is 2.56. The van der Waals surface area contributed by atoms with Crippen LogP contribution in [0.4, 0.5) is 0 Å². The monoisotopic (exact) mass is 258 g/mol. The van der Waals surface area contributed by atoms with Crippen LogP contribution < -0.4 is 5.32 Å². The van der Waals surface area contributed by atoms with Gasteiger partial charge in [0.05, 0.1) is 13.1 Å². The molecule has 1 heterocycles. The molecule has 0 aliphatic heterocycles. The van der Waals surface area contributed by atoms with Gasteiger partial charge in [-0.1, -0.05) is 45.0 Å². The molecule has 0 bridgehead atoms. The first-order valence-corrected chi connectivity index (χ1v) is 6.87. The van der Waals surface area contributed by atoms with Gasteiger partial charge in [0.25, 0.3) is 0 Å². The number of hydrogen-bond donors (Lipinski definition) is 1. The Kier molecular flexibility index (Phi) is 4.68. The topological polar surface area (TPSA) is 42.7 Å². The van der Waals surface area contributed by atoms with Crippen molar-refractivity contribution in [2.24, 2.45) is 0 Å². The molecule has 0 aliphatic rings. The second-order valence-corrected chi connectivity index (χ2v) is 5.01. The summed E-state index contributed by atoms with van der Waals surface area (Å²) in [7, 11) is 0. The van der Waals surface area contributed by atoms with E-state index in [0.29, 0.717) is 5.92 Å². The zero-order valence-electron chi connectivity index (χ0n) is 11.9. The molecule has 0 spiro atoms. The first kappa shape index (κ1) is 13.7. The fourth-order valence-corrected chi connectivity index (χ4v) is 1.97. The Morgan fingerprint density at radius 2 is 1.95 bits per heavy atom. The molecule has 1 N–H and O–H groups in total. The van der Waals surface area contributed by atoms with Gasteiger partial charge in [0.15, 0.2) is 0 Å². The fraction of sp³-hybridized carbons (Fsp3) is 0.467. The van der Waals surface area contributed by atoms with Crippen LogP contribution in [-0.2, 0) is 13.1 Å². The maximum absolute atomic E-state index is 4.29. The van der Waals surface area contributed by atoms with E-state index in [0.717, 1.165) is 25.5 Å². The van der Waals surface area contributed by atoms with E-state index in [-0.39, 0.29) is 0 Å². The first-order chi connectivity index (χ1) is 9.20. The SMILES string of the molecule is CCNCc1ncnn1Cc1ccc(C(C)C)cc1. The molecular formula is C15H22N4. The van der Waals surface area contributed by atoms with E-state index in [9.17, 15) is 0 Å². The number of benzene rings is 1. The van der Waals surface area contributed by atoms with Crippen LogP contribution in [0.1, 0.15) is 43.6 Å². The molecule has 1 aromatic heterocycles. The van der Waals surface area contributed by atoms with Crippen molar-refractivity contribution in [1.82, 2.24) is 20.1 Å². The zero-order chi connectivity index (χ0) is 13.7. The van der Waals surface area contributed by atoms with Gasteiger partial charge in [-0.3, -0.25) is 0 Å². The van der Waals surface area contributed by atoms with Crippen LogP contribution in [0.25, 0.3) is 0 Å². The van der Waals surface area contributed by atoms with E-state index in [1.54, 1.807) is 6.33 Å². The fourth-order valence-electron chi connectivity index (χ4n) is 1.97. The molecule has 0 saturated carbocycles. The molecule has 4 nitrogen and oxygen atoms in total. The Morgan fingerprint density at radius 1 is 1.21 bits per heavy atom. The number of rotatable bonds is 6. The molecule has 0 radical (unpaired) electrons. The molecule has 0 unspecified atom stereocenters. The number of nitrogens with one attached hydrogen (secondary N) is 1. The Hall–Kier alpha value is -1.68. The van der Waals surface area contributed by atoms with Gasteiger partial charge >= 0.3 is 0 Å². The molecule has 0 atom stereocenters. The lowest BCUT2D eigenvalue weighted by Crippen LogP contribution is -2.17. The van der Waals surface area contributed by atoms with Gasteiger partial charge in [0, 0.05) is 0 Å². The number of aromatic nitrogens is 3. The van der Waals surface area contributed by atoms with Crippen LogP contribution in [0, 0.1) is 0 Å². The molecule has 102 valence electrons. The summed E-state index contributed by atoms with van der Waals surface area (Å²) >= 11 is 0. The summed E-state index contributed by atoms with van der Waals surface area (Å²) in [4.78, 5) is 4.29. The lowest BCUT2D eigenvalue weighted by atomic mass is 10.0. The van der Waals surface area contributed by atoms with Crippen molar-refractivity contribution in [3.8, 4) is 0 Å². The largest absolute Gasteiger partial charge is 0.310 e. The van der Waals surface area contributed by atoms with Crippen molar-refractivity contribution in [2.75, 3.05) is 6.54 Å². The average molecular weight is 258 g/mol. The van der Waals surface area contributed by atoms with E-state index in [2.05, 4.69) is 60.4 Å². The van der Waals surface area contributed by atoms with Gasteiger partial charge in [-0.15, -0.1) is 0 Å². The van der Waals surface area contributed by atoms with E-state index < -0.39 is 0 Å². The molecular weight excluding hydrogens is 236 g/mol. The van der Waals surface area contributed by atoms with E-state index in [1.807, 2.05) is 4.68 Å². The molecule has 1 aromatic carbocycles. The zero-order valence-corrected chi connectivity index (χ0v) is 11.9. The molecule has 0 saturated heterocycles. The molecule has 0 amide bonds. The highest BCUT2D eigenvalue weighted by molar-refractivity contribution is 5.24. The summed E-state index contributed by atoms with van der Waals surface area (Å²) in [6.07, 6.45) is 1.62. The van der Waals surface area contributed by atoms with Crippen molar-refractivity contribution in [2.45, 2.75) is 39.8 Å². The molecule has 2 rings (SSSR count). The second-order valence-electron chi connectivity index (χ2n) is 5.01. The molecule has 0 aliphatic carbocycles. The van der Waals surface area contributed by atoms with Crippen molar-refractivity contribution in [1.29, 1.82) is 0 Å². The highest BCUT2D eigenvalue weighted by Crippen LogP contribution is 2.15. The highest BCUT2D eigenvalue weighted by atomic mass is 15.3. The highest BCUT2D eigenvalue weighted by Gasteiger charge is 2.05. The Morgan fingerprint density at radius 3 is 2.58 bits per heavy atom. The minimum absolute atomic E-state index is 0.574. The van der Waals surface area contributed by atoms with Gasteiger partial charge in [-0.2, -0.15) is 5.10 Å². The maximum Gasteiger partial charge on any atom is 0.141 e. The average Bonchev–Trinajstić information content (AvgIpc) is 2.84. The van der Waals surface area contributed by atoms with Crippen LogP contribution in [-0.4, -0.2) is 21.3 Å². The van der Waals surface area contributed by atoms with E-state index >= 15 is 0 Å². The Balaban J connectivity index is 2.06. The maximum atomic E-state index is 4.29. The molecule has 2 aromatic rings. The predicted molar refractivity (Wildman–Crippen MR) is 77.0 cm³/mol. The summed E-state index contributed by atoms with van der Waals surface area (Å²) in [5.74, 6) is 1.56. The normalized spacial score (nSPS) is 11.2. The number of hydrogen-bond acceptors (Lipinski definition) is 3. The molecule has 0 fully saturated rings. The van der Waals surface area contributed by atoms with E-state index in [1.165, 1.54) is 11.1 Å². The van der Waals surface area contributed by atoms with Crippen molar-refractivity contribution >= 4 is 0 Å². The Bertz CT molecular complexity index is 499. The summed E-state index contributed by atoms with van der Waals surface area (Å²) < 4.78 is 1.95. The van der Waals surface area contributed by atoms with Crippen molar-refractivity contribution in [3.63, 3.8) is 0 Å². The lowest BCUT2D eigenvalue weighted by Gasteiger charge is -2.09. The van der Waals surface area contributed by atoms with Crippen molar-refractivity contribution < 1.29 is 0 Å². The van der Waals surface area contributed by atoms with Crippen molar-refractivity contribution in [3.05, 3.63) is 47.5 Å². The van der Waals surface area contributed by atoms with Gasteiger partial charge in [-0.25, -0.2) is 9.67 Å². The van der Waals surface area contributed by atoms with Crippen LogP contribution >= 0.6 is 0 Å². The van der Waals surface area contributed by atoms with Gasteiger partial charge < -0.3 is 5.32 Å². The quantitative estimate of drug-likeness (QED) is 0.866. The minimum Gasteiger partial charge on any atom is -0.310 e. The Labute approximate surface area is 114 Å². The summed E-state index contributed by atoms with van der Waals surface area (Å²) in [6, 6.07) is 8.74. The van der Waals surface area contributed by atoms with Gasteiger partial charge in [0.1, 0.15) is 12.2 Å². The standard InChI is InChI=1S/C15H22N4/c1-4-16-9-15-17-11-18-19(15)10-13-5-7-14(8-6-13)12(2)3/h5-8,11-12,16H,4,9-10H2,1-3H3. The summed E-state index contributed by atoms with van der Waals surface area (Å²) in [6.45, 7) is 8.99. The van der Waals surface area contributed by atoms with Gasteiger partial charge in [0.2, 0.25) is 0 Å². The van der Waals surface area contributed by atoms with E-state index in [4.69, 9.17) is 0 Å². The number of nitrogens with zero attached hydrogens (tertiary/aromatic N) is 3. The minimum atomic E-state index is 0.574.